The fraction of sp³-hybridized carbons (Fsp3) is 0.294. The van der Waals surface area contributed by atoms with E-state index in [1.807, 2.05) is 37.4 Å². The Morgan fingerprint density at radius 2 is 1.90 bits per heavy atom. The number of hydrogen-bond donors (Lipinski definition) is 1. The maximum atomic E-state index is 6.21. The van der Waals surface area contributed by atoms with Crippen LogP contribution in [0.25, 0.3) is 0 Å². The molecule has 0 fully saturated rings. The second kappa shape index (κ2) is 7.34. The van der Waals surface area contributed by atoms with Crippen molar-refractivity contribution in [3.63, 3.8) is 0 Å². The highest BCUT2D eigenvalue weighted by atomic mass is 35.5. The van der Waals surface area contributed by atoms with Crippen LogP contribution in [0.2, 0.25) is 5.02 Å². The van der Waals surface area contributed by atoms with Crippen LogP contribution in [0.4, 0.5) is 0 Å². The number of benzene rings is 2. The first-order chi connectivity index (χ1) is 10.2. The predicted octanol–water partition coefficient (Wildman–Crippen LogP) is 3.86. The van der Waals surface area contributed by atoms with Gasteiger partial charge in [0.25, 0.3) is 0 Å². The second-order valence-electron chi connectivity index (χ2n) is 4.79. The Morgan fingerprint density at radius 3 is 2.52 bits per heavy atom. The molecule has 0 aliphatic rings. The van der Waals surface area contributed by atoms with Crippen molar-refractivity contribution < 1.29 is 9.47 Å². The summed E-state index contributed by atoms with van der Waals surface area (Å²) < 4.78 is 10.5. The van der Waals surface area contributed by atoms with Gasteiger partial charge >= 0.3 is 0 Å². The average Bonchev–Trinajstić information content (AvgIpc) is 2.52. The Balaban J connectivity index is 2.21. The minimum Gasteiger partial charge on any atom is -0.497 e. The first-order valence-corrected chi connectivity index (χ1v) is 7.19. The topological polar surface area (TPSA) is 30.5 Å². The molecule has 0 aliphatic heterocycles. The molecule has 0 saturated heterocycles. The first-order valence-electron chi connectivity index (χ1n) is 6.81. The number of halogens is 1. The number of rotatable bonds is 6. The number of nitrogens with one attached hydrogen (secondary N) is 1. The summed E-state index contributed by atoms with van der Waals surface area (Å²) in [6.07, 6.45) is 0.857. The zero-order valence-corrected chi connectivity index (χ0v) is 13.3. The van der Waals surface area contributed by atoms with E-state index in [0.29, 0.717) is 10.8 Å². The quantitative estimate of drug-likeness (QED) is 0.879. The summed E-state index contributed by atoms with van der Waals surface area (Å²) in [7, 11) is 5.24. The van der Waals surface area contributed by atoms with E-state index in [1.54, 1.807) is 14.2 Å². The molecule has 0 heterocycles. The molecule has 0 spiro atoms. The molecule has 0 amide bonds. The first kappa shape index (κ1) is 15.7. The van der Waals surface area contributed by atoms with E-state index in [2.05, 4.69) is 17.4 Å². The van der Waals surface area contributed by atoms with Crippen molar-refractivity contribution in [1.82, 2.24) is 5.32 Å². The minimum absolute atomic E-state index is 0.181. The monoisotopic (exact) mass is 305 g/mol. The standard InChI is InChI=1S/C17H20ClNO2/c1-19-16(10-12-5-4-6-14(9-12)20-2)13-7-8-17(21-3)15(18)11-13/h4-9,11,16,19H,10H2,1-3H3. The predicted molar refractivity (Wildman–Crippen MR) is 86.5 cm³/mol. The van der Waals surface area contributed by atoms with Crippen molar-refractivity contribution >= 4 is 11.6 Å². The summed E-state index contributed by atoms with van der Waals surface area (Å²) >= 11 is 6.21. The average molecular weight is 306 g/mol. The van der Waals surface area contributed by atoms with Crippen molar-refractivity contribution in [3.8, 4) is 11.5 Å². The van der Waals surface area contributed by atoms with Crippen LogP contribution in [0.15, 0.2) is 42.5 Å². The molecule has 3 nitrogen and oxygen atoms in total. The third-order valence-corrected chi connectivity index (χ3v) is 3.80. The number of ether oxygens (including phenoxy) is 2. The van der Waals surface area contributed by atoms with Gasteiger partial charge in [-0.05, 0) is 48.9 Å². The van der Waals surface area contributed by atoms with Gasteiger partial charge in [0.15, 0.2) is 0 Å². The van der Waals surface area contributed by atoms with E-state index in [9.17, 15) is 0 Å². The van der Waals surface area contributed by atoms with Crippen LogP contribution < -0.4 is 14.8 Å². The third kappa shape index (κ3) is 3.90. The summed E-state index contributed by atoms with van der Waals surface area (Å²) in [4.78, 5) is 0. The summed E-state index contributed by atoms with van der Waals surface area (Å²) in [5.41, 5.74) is 2.34. The molecular formula is C17H20ClNO2. The van der Waals surface area contributed by atoms with Crippen LogP contribution in [-0.4, -0.2) is 21.3 Å². The smallest absolute Gasteiger partial charge is 0.137 e. The van der Waals surface area contributed by atoms with Crippen LogP contribution in [0.3, 0.4) is 0 Å². The lowest BCUT2D eigenvalue weighted by atomic mass is 9.99. The van der Waals surface area contributed by atoms with Gasteiger partial charge in [-0.2, -0.15) is 0 Å². The Hall–Kier alpha value is -1.71. The Kier molecular flexibility index (Phi) is 5.48. The molecule has 2 rings (SSSR count). The Labute approximate surface area is 130 Å². The Bertz CT molecular complexity index is 601. The highest BCUT2D eigenvalue weighted by Crippen LogP contribution is 2.29. The van der Waals surface area contributed by atoms with Gasteiger partial charge in [0.1, 0.15) is 11.5 Å². The number of hydrogen-bond acceptors (Lipinski definition) is 3. The molecule has 4 heteroatoms. The molecule has 112 valence electrons. The molecule has 1 atom stereocenters. The SMILES string of the molecule is CNC(Cc1cccc(OC)c1)c1ccc(OC)c(Cl)c1. The molecule has 0 radical (unpaired) electrons. The zero-order chi connectivity index (χ0) is 15.2. The van der Waals surface area contributed by atoms with Crippen LogP contribution in [0.1, 0.15) is 17.2 Å². The fourth-order valence-electron chi connectivity index (χ4n) is 2.32. The highest BCUT2D eigenvalue weighted by molar-refractivity contribution is 6.32. The zero-order valence-electron chi connectivity index (χ0n) is 12.5. The van der Waals surface area contributed by atoms with Crippen LogP contribution in [0.5, 0.6) is 11.5 Å². The van der Waals surface area contributed by atoms with Gasteiger partial charge in [0, 0.05) is 6.04 Å². The maximum absolute atomic E-state index is 6.21. The molecule has 1 unspecified atom stereocenters. The van der Waals surface area contributed by atoms with E-state index in [0.717, 1.165) is 17.7 Å². The Morgan fingerprint density at radius 1 is 1.10 bits per heavy atom. The lowest BCUT2D eigenvalue weighted by Gasteiger charge is -2.18. The minimum atomic E-state index is 0.181. The third-order valence-electron chi connectivity index (χ3n) is 3.50. The normalized spacial score (nSPS) is 12.0. The van der Waals surface area contributed by atoms with Crippen molar-refractivity contribution in [2.75, 3.05) is 21.3 Å². The highest BCUT2D eigenvalue weighted by Gasteiger charge is 2.12. The van der Waals surface area contributed by atoms with Gasteiger partial charge in [-0.1, -0.05) is 29.8 Å². The van der Waals surface area contributed by atoms with E-state index in [1.165, 1.54) is 5.56 Å². The summed E-state index contributed by atoms with van der Waals surface area (Å²) in [5, 5.41) is 3.95. The molecule has 0 aliphatic carbocycles. The maximum Gasteiger partial charge on any atom is 0.137 e. The molecule has 0 saturated carbocycles. The van der Waals surface area contributed by atoms with Gasteiger partial charge in [-0.25, -0.2) is 0 Å². The van der Waals surface area contributed by atoms with Crippen molar-refractivity contribution in [3.05, 3.63) is 58.6 Å². The van der Waals surface area contributed by atoms with Crippen LogP contribution >= 0.6 is 11.6 Å². The molecular weight excluding hydrogens is 286 g/mol. The summed E-state index contributed by atoms with van der Waals surface area (Å²) in [6.45, 7) is 0. The largest absolute Gasteiger partial charge is 0.497 e. The van der Waals surface area contributed by atoms with Crippen molar-refractivity contribution in [2.24, 2.45) is 0 Å². The van der Waals surface area contributed by atoms with Crippen LogP contribution in [-0.2, 0) is 6.42 Å². The molecule has 1 N–H and O–H groups in total. The molecule has 2 aromatic rings. The fourth-order valence-corrected chi connectivity index (χ4v) is 2.59. The second-order valence-corrected chi connectivity index (χ2v) is 5.20. The molecule has 21 heavy (non-hydrogen) atoms. The van der Waals surface area contributed by atoms with Gasteiger partial charge in [-0.3, -0.25) is 0 Å². The molecule has 0 bridgehead atoms. The summed E-state index contributed by atoms with van der Waals surface area (Å²) in [5.74, 6) is 1.56. The lowest BCUT2D eigenvalue weighted by Crippen LogP contribution is -2.18. The molecule has 0 aromatic heterocycles. The lowest BCUT2D eigenvalue weighted by molar-refractivity contribution is 0.413. The number of likely N-dealkylation sites (N-methyl/N-ethyl adjacent to an activating group) is 1. The van der Waals surface area contributed by atoms with E-state index < -0.39 is 0 Å². The van der Waals surface area contributed by atoms with Crippen molar-refractivity contribution in [2.45, 2.75) is 12.5 Å². The van der Waals surface area contributed by atoms with E-state index in [-0.39, 0.29) is 6.04 Å². The van der Waals surface area contributed by atoms with Gasteiger partial charge < -0.3 is 14.8 Å². The number of methoxy groups -OCH3 is 2. The van der Waals surface area contributed by atoms with E-state index >= 15 is 0 Å². The van der Waals surface area contributed by atoms with Gasteiger partial charge in [0.2, 0.25) is 0 Å². The van der Waals surface area contributed by atoms with E-state index in [4.69, 9.17) is 21.1 Å². The summed E-state index contributed by atoms with van der Waals surface area (Å²) in [6, 6.07) is 14.2. The van der Waals surface area contributed by atoms with Crippen LogP contribution in [0, 0.1) is 0 Å². The van der Waals surface area contributed by atoms with Crippen molar-refractivity contribution in [1.29, 1.82) is 0 Å². The molecule has 2 aromatic carbocycles. The van der Waals surface area contributed by atoms with Gasteiger partial charge in [0.05, 0.1) is 19.2 Å². The van der Waals surface area contributed by atoms with Gasteiger partial charge in [-0.15, -0.1) is 0 Å².